The Morgan fingerprint density at radius 2 is 0.967 bits per heavy atom. The number of unbranched alkanes of at least 4 members (excludes halogenated alkanes) is 12. The summed E-state index contributed by atoms with van der Waals surface area (Å²) in [6.07, 6.45) is 11.9. The third-order valence-corrected chi connectivity index (χ3v) is 10.8. The molecular formula is C44H75N5O11. The Labute approximate surface area is 356 Å². The number of ketones is 4. The van der Waals surface area contributed by atoms with Gasteiger partial charge >= 0.3 is 5.97 Å². The molecule has 0 aliphatic rings. The molecule has 342 valence electrons. The molecule has 0 radical (unpaired) electrons. The summed E-state index contributed by atoms with van der Waals surface area (Å²) in [7, 11) is 0. The van der Waals surface area contributed by atoms with E-state index in [0.29, 0.717) is 6.42 Å². The van der Waals surface area contributed by atoms with Crippen LogP contribution in [0.3, 0.4) is 0 Å². The van der Waals surface area contributed by atoms with Gasteiger partial charge < -0.3 is 32.5 Å². The Hall–Kier alpha value is -4.50. The number of rotatable bonds is 38. The highest BCUT2D eigenvalue weighted by Gasteiger charge is 2.33. The van der Waals surface area contributed by atoms with E-state index in [2.05, 4.69) is 22.9 Å². The number of carbonyl (C=O) groups excluding carboxylic acids is 9. The van der Waals surface area contributed by atoms with Gasteiger partial charge in [0.1, 0.15) is 5.78 Å². The second-order valence-electron chi connectivity index (χ2n) is 16.6. The van der Waals surface area contributed by atoms with E-state index in [0.717, 1.165) is 25.7 Å². The third-order valence-electron chi connectivity index (χ3n) is 10.8. The maximum Gasteiger partial charge on any atom is 0.303 e. The van der Waals surface area contributed by atoms with Gasteiger partial charge in [0.05, 0.1) is 24.5 Å². The van der Waals surface area contributed by atoms with Gasteiger partial charge in [-0.15, -0.1) is 0 Å². The van der Waals surface area contributed by atoms with E-state index < -0.39 is 121 Å². The Bertz CT molecular complexity index is 1420. The number of aliphatic carboxylic acids is 1. The van der Waals surface area contributed by atoms with Crippen molar-refractivity contribution in [1.82, 2.24) is 16.0 Å². The predicted octanol–water partition coefficient (Wildman–Crippen LogP) is 4.69. The Morgan fingerprint density at radius 3 is 1.45 bits per heavy atom. The molecule has 60 heavy (non-hydrogen) atoms. The van der Waals surface area contributed by atoms with E-state index in [1.807, 2.05) is 0 Å². The normalized spacial score (nSPS) is 13.6. The predicted molar refractivity (Wildman–Crippen MR) is 227 cm³/mol. The first-order chi connectivity index (χ1) is 28.3. The van der Waals surface area contributed by atoms with Crippen molar-refractivity contribution in [2.75, 3.05) is 0 Å². The maximum atomic E-state index is 13.6. The highest BCUT2D eigenvalue weighted by atomic mass is 16.4. The fraction of sp³-hybridized carbons (Fsp3) is 0.773. The summed E-state index contributed by atoms with van der Waals surface area (Å²) in [5.74, 6) is -8.79. The lowest BCUT2D eigenvalue weighted by Crippen LogP contribution is -2.48. The molecule has 0 aromatic carbocycles. The van der Waals surface area contributed by atoms with Crippen molar-refractivity contribution in [3.05, 3.63) is 0 Å². The largest absolute Gasteiger partial charge is 0.481 e. The minimum absolute atomic E-state index is 0.122. The highest BCUT2D eigenvalue weighted by Crippen LogP contribution is 2.20. The van der Waals surface area contributed by atoms with Crippen LogP contribution < -0.4 is 27.4 Å². The van der Waals surface area contributed by atoms with E-state index in [1.54, 1.807) is 20.8 Å². The molecule has 0 aromatic heterocycles. The summed E-state index contributed by atoms with van der Waals surface area (Å²) in [4.78, 5) is 125. The molecule has 16 nitrogen and oxygen atoms in total. The van der Waals surface area contributed by atoms with E-state index in [9.17, 15) is 53.1 Å². The van der Waals surface area contributed by atoms with E-state index in [4.69, 9.17) is 11.5 Å². The molecule has 0 fully saturated rings. The molecule has 0 aromatic rings. The molecule has 0 aliphatic carbocycles. The van der Waals surface area contributed by atoms with Crippen molar-refractivity contribution in [1.29, 1.82) is 0 Å². The van der Waals surface area contributed by atoms with Gasteiger partial charge in [0.15, 0.2) is 17.3 Å². The van der Waals surface area contributed by atoms with Crippen LogP contribution >= 0.6 is 0 Å². The van der Waals surface area contributed by atoms with Crippen molar-refractivity contribution < 1.29 is 53.1 Å². The number of carboxylic acids is 1. The van der Waals surface area contributed by atoms with Crippen LogP contribution in [0.5, 0.6) is 0 Å². The first kappa shape index (κ1) is 55.5. The minimum Gasteiger partial charge on any atom is -0.481 e. The molecule has 0 unspecified atom stereocenters. The molecule has 0 saturated heterocycles. The van der Waals surface area contributed by atoms with Crippen molar-refractivity contribution in [3.8, 4) is 0 Å². The summed E-state index contributed by atoms with van der Waals surface area (Å²) in [6, 6.07) is -3.75. The fourth-order valence-corrected chi connectivity index (χ4v) is 6.73. The van der Waals surface area contributed by atoms with E-state index >= 15 is 0 Å². The molecule has 0 spiro atoms. The van der Waals surface area contributed by atoms with Crippen LogP contribution in [0.4, 0.5) is 0 Å². The Kier molecular flexibility index (Phi) is 29.9. The zero-order chi connectivity index (χ0) is 45.6. The number of Topliss-reactive ketones (excluding diaryl/α,β-unsaturated/α-hetero) is 4. The van der Waals surface area contributed by atoms with Gasteiger partial charge in [-0.2, -0.15) is 0 Å². The third kappa shape index (κ3) is 27.3. The maximum absolute atomic E-state index is 13.6. The van der Waals surface area contributed by atoms with Crippen LogP contribution in [0, 0.1) is 17.8 Å². The fourth-order valence-electron chi connectivity index (χ4n) is 6.73. The summed E-state index contributed by atoms with van der Waals surface area (Å²) < 4.78 is 0. The van der Waals surface area contributed by atoms with Crippen molar-refractivity contribution in [2.24, 2.45) is 29.2 Å². The number of nitrogens with one attached hydrogen (secondary N) is 3. The molecule has 0 aliphatic heterocycles. The van der Waals surface area contributed by atoms with Crippen molar-refractivity contribution >= 4 is 58.6 Å². The van der Waals surface area contributed by atoms with Gasteiger partial charge in [-0.05, 0) is 32.1 Å². The Morgan fingerprint density at radius 1 is 0.500 bits per heavy atom. The Balaban J connectivity index is 5.33. The summed E-state index contributed by atoms with van der Waals surface area (Å²) in [5.41, 5.74) is 10.6. The number of primary amides is 2. The molecule has 0 heterocycles. The smallest absolute Gasteiger partial charge is 0.303 e. The number of nitrogens with two attached hydrogens (primary N) is 2. The highest BCUT2D eigenvalue weighted by molar-refractivity contribution is 5.97. The number of hydrogen-bond donors (Lipinski definition) is 6. The van der Waals surface area contributed by atoms with Crippen LogP contribution in [-0.4, -0.2) is 81.9 Å². The average molecular weight is 850 g/mol. The van der Waals surface area contributed by atoms with Crippen molar-refractivity contribution in [2.45, 2.75) is 200 Å². The summed E-state index contributed by atoms with van der Waals surface area (Å²) in [5, 5.41) is 16.9. The van der Waals surface area contributed by atoms with Crippen LogP contribution in [0.1, 0.15) is 182 Å². The quantitative estimate of drug-likeness (QED) is 0.0464. The molecule has 8 N–H and O–H groups in total. The SMILES string of the molecule is CCCCCCCCCCCCCCCC(=O)N[C@@H](CC(N)=O)C(=O)CCC(=O)N[C@@H](CCC(=O)O)C(=O)C[C@H](C(=O)N[C@@H](CCC(N)=O)C(=O)C[C@@H](C)C(C)=O)C(C)C. The summed E-state index contributed by atoms with van der Waals surface area (Å²) >= 11 is 0. The number of amides is 5. The van der Waals surface area contributed by atoms with Crippen LogP contribution in [0.25, 0.3) is 0 Å². The van der Waals surface area contributed by atoms with Crippen LogP contribution in [0.15, 0.2) is 0 Å². The van der Waals surface area contributed by atoms with Gasteiger partial charge in [-0.1, -0.05) is 105 Å². The number of carbonyl (C=O) groups is 10. The molecule has 0 bridgehead atoms. The zero-order valence-electron chi connectivity index (χ0n) is 36.9. The molecular weight excluding hydrogens is 775 g/mol. The summed E-state index contributed by atoms with van der Waals surface area (Å²) in [6.45, 7) is 8.42. The van der Waals surface area contributed by atoms with E-state index in [-0.39, 0.29) is 37.9 Å². The molecule has 5 amide bonds. The lowest BCUT2D eigenvalue weighted by molar-refractivity contribution is -0.138. The first-order valence-corrected chi connectivity index (χ1v) is 22.0. The van der Waals surface area contributed by atoms with Gasteiger partial charge in [0, 0.05) is 56.8 Å². The van der Waals surface area contributed by atoms with Crippen LogP contribution in [0.2, 0.25) is 0 Å². The van der Waals surface area contributed by atoms with Gasteiger partial charge in [-0.3, -0.25) is 47.9 Å². The monoisotopic (exact) mass is 850 g/mol. The average Bonchev–Trinajstić information content (AvgIpc) is 3.16. The second kappa shape index (κ2) is 32.3. The first-order valence-electron chi connectivity index (χ1n) is 22.0. The van der Waals surface area contributed by atoms with E-state index in [1.165, 1.54) is 58.3 Å². The van der Waals surface area contributed by atoms with Gasteiger partial charge in [0.2, 0.25) is 29.5 Å². The molecule has 5 atom stereocenters. The molecule has 0 saturated carbocycles. The lowest BCUT2D eigenvalue weighted by Gasteiger charge is -2.26. The zero-order valence-corrected chi connectivity index (χ0v) is 36.9. The standard InChI is InChI=1S/C44H75N5O11/c1-6-7-8-9-10-11-12-13-14-15-16-17-18-19-41(56)48-35(28-40(46)55)36(51)22-24-42(57)47-33(21-25-43(58)59)38(53)27-32(29(2)3)44(60)49-34(20-23-39(45)54)37(52)26-30(4)31(5)50/h29-30,32-35H,6-28H2,1-5H3,(H2,45,54)(H2,46,55)(H,47,57)(H,48,56)(H,49,60)(H,58,59)/t30-,32+,33+,34+,35+/m1/s1. The minimum atomic E-state index is -1.34. The van der Waals surface area contributed by atoms with Gasteiger partial charge in [0.25, 0.3) is 0 Å². The van der Waals surface area contributed by atoms with Crippen molar-refractivity contribution in [3.63, 3.8) is 0 Å². The lowest BCUT2D eigenvalue weighted by atomic mass is 9.86. The number of hydrogen-bond acceptors (Lipinski definition) is 10. The topological polar surface area (TPSA) is 279 Å². The van der Waals surface area contributed by atoms with Gasteiger partial charge in [-0.25, -0.2) is 0 Å². The molecule has 16 heteroatoms. The number of carboxylic acid groups (broad SMARTS) is 1. The molecule has 0 rings (SSSR count). The van der Waals surface area contributed by atoms with Crippen LogP contribution in [-0.2, 0) is 47.9 Å². The second-order valence-corrected chi connectivity index (χ2v) is 16.6.